The monoisotopic (exact) mass is 326 g/mol. The summed E-state index contributed by atoms with van der Waals surface area (Å²) >= 11 is 3.24. The number of nitrogens with zero attached hydrogens (tertiary/aromatic N) is 3. The molecule has 102 valence electrons. The van der Waals surface area contributed by atoms with E-state index in [0.29, 0.717) is 24.7 Å². The Balaban J connectivity index is 2.12. The third kappa shape index (κ3) is 3.84. The van der Waals surface area contributed by atoms with E-state index >= 15 is 0 Å². The number of rotatable bonds is 5. The van der Waals surface area contributed by atoms with Crippen molar-refractivity contribution in [3.63, 3.8) is 0 Å². The van der Waals surface area contributed by atoms with E-state index in [9.17, 15) is 4.39 Å². The van der Waals surface area contributed by atoms with E-state index in [1.807, 2.05) is 6.07 Å². The Labute approximate surface area is 120 Å². The van der Waals surface area contributed by atoms with Gasteiger partial charge in [-0.15, -0.1) is 0 Å². The first-order valence-electron chi connectivity index (χ1n) is 6.10. The highest BCUT2D eigenvalue weighted by Gasteiger charge is 2.09. The fraction of sp³-hybridized carbons (Fsp3) is 0.385. The van der Waals surface area contributed by atoms with Crippen LogP contribution in [0.5, 0.6) is 0 Å². The Bertz CT molecular complexity index is 553. The lowest BCUT2D eigenvalue weighted by Crippen LogP contribution is -2.24. The van der Waals surface area contributed by atoms with E-state index in [1.165, 1.54) is 12.4 Å². The van der Waals surface area contributed by atoms with Gasteiger partial charge in [-0.05, 0) is 12.1 Å². The summed E-state index contributed by atoms with van der Waals surface area (Å²) in [5, 5.41) is 7.41. The maximum atomic E-state index is 13.8. The summed E-state index contributed by atoms with van der Waals surface area (Å²) in [6, 6.07) is 5.40. The van der Waals surface area contributed by atoms with Crippen molar-refractivity contribution in [1.82, 2.24) is 20.1 Å². The molecule has 2 aromatic rings. The third-order valence-electron chi connectivity index (χ3n) is 2.70. The number of aromatic nitrogens is 3. The zero-order valence-electron chi connectivity index (χ0n) is 10.9. The van der Waals surface area contributed by atoms with Crippen molar-refractivity contribution in [1.29, 1.82) is 0 Å². The van der Waals surface area contributed by atoms with Crippen LogP contribution in [-0.2, 0) is 13.1 Å². The molecule has 0 aliphatic rings. The predicted molar refractivity (Wildman–Crippen MR) is 75.2 cm³/mol. The minimum Gasteiger partial charge on any atom is -0.308 e. The molecule has 6 heteroatoms. The summed E-state index contributed by atoms with van der Waals surface area (Å²) in [4.78, 5) is 4.19. The van der Waals surface area contributed by atoms with Gasteiger partial charge in [-0.3, -0.25) is 0 Å². The fourth-order valence-electron chi connectivity index (χ4n) is 1.66. The van der Waals surface area contributed by atoms with Gasteiger partial charge in [0.05, 0.1) is 13.1 Å². The zero-order valence-corrected chi connectivity index (χ0v) is 12.5. The van der Waals surface area contributed by atoms with E-state index in [0.717, 1.165) is 10.3 Å². The summed E-state index contributed by atoms with van der Waals surface area (Å²) in [6.07, 6.45) is 1.49. The molecule has 0 aliphatic heterocycles. The molecule has 0 saturated heterocycles. The highest BCUT2D eigenvalue weighted by Crippen LogP contribution is 2.16. The van der Waals surface area contributed by atoms with Gasteiger partial charge in [0.1, 0.15) is 18.0 Å². The highest BCUT2D eigenvalue weighted by molar-refractivity contribution is 9.10. The normalized spacial score (nSPS) is 11.2. The van der Waals surface area contributed by atoms with Gasteiger partial charge in [0.25, 0.3) is 0 Å². The van der Waals surface area contributed by atoms with Crippen LogP contribution in [0, 0.1) is 5.82 Å². The largest absolute Gasteiger partial charge is 0.308 e. The van der Waals surface area contributed by atoms with Crippen molar-refractivity contribution in [2.75, 3.05) is 0 Å². The van der Waals surface area contributed by atoms with E-state index in [2.05, 4.69) is 45.2 Å². The molecule has 2 rings (SSSR count). The van der Waals surface area contributed by atoms with E-state index in [4.69, 9.17) is 0 Å². The second-order valence-electron chi connectivity index (χ2n) is 4.61. The minimum absolute atomic E-state index is 0.243. The van der Waals surface area contributed by atoms with Crippen molar-refractivity contribution in [2.45, 2.75) is 33.0 Å². The molecule has 0 amide bonds. The average molecular weight is 327 g/mol. The smallest absolute Gasteiger partial charge is 0.141 e. The zero-order chi connectivity index (χ0) is 13.8. The fourth-order valence-corrected chi connectivity index (χ4v) is 2.00. The molecule has 0 aliphatic carbocycles. The van der Waals surface area contributed by atoms with Crippen LogP contribution in [0.25, 0.3) is 0 Å². The van der Waals surface area contributed by atoms with Gasteiger partial charge >= 0.3 is 0 Å². The summed E-state index contributed by atoms with van der Waals surface area (Å²) in [5.74, 6) is 0.559. The Morgan fingerprint density at radius 2 is 2.21 bits per heavy atom. The van der Waals surface area contributed by atoms with Crippen LogP contribution in [-0.4, -0.2) is 20.8 Å². The van der Waals surface area contributed by atoms with Gasteiger partial charge in [-0.1, -0.05) is 35.8 Å². The Hall–Kier alpha value is -1.27. The Morgan fingerprint density at radius 3 is 2.89 bits per heavy atom. The molecule has 1 N–H and O–H groups in total. The minimum atomic E-state index is -0.243. The van der Waals surface area contributed by atoms with Crippen LogP contribution in [0.2, 0.25) is 0 Å². The standard InChI is InChI=1S/C13H16BrFN4/c1-9(2)16-6-13-17-8-18-19(13)7-10-3-4-11(14)5-12(10)15/h3-5,8-9,16H,6-7H2,1-2H3. The van der Waals surface area contributed by atoms with E-state index in [-0.39, 0.29) is 5.82 Å². The summed E-state index contributed by atoms with van der Waals surface area (Å²) in [5.41, 5.74) is 0.597. The lowest BCUT2D eigenvalue weighted by atomic mass is 10.2. The molecule has 0 bridgehead atoms. The van der Waals surface area contributed by atoms with Crippen LogP contribution in [0.1, 0.15) is 25.2 Å². The number of nitrogens with one attached hydrogen (secondary N) is 1. The molecule has 1 aromatic carbocycles. The molecule has 0 unspecified atom stereocenters. The van der Waals surface area contributed by atoms with Gasteiger partial charge in [0.2, 0.25) is 0 Å². The highest BCUT2D eigenvalue weighted by atomic mass is 79.9. The lowest BCUT2D eigenvalue weighted by Gasteiger charge is -2.10. The molecule has 0 atom stereocenters. The van der Waals surface area contributed by atoms with Crippen LogP contribution in [0.3, 0.4) is 0 Å². The number of benzene rings is 1. The second kappa shape index (κ2) is 6.25. The van der Waals surface area contributed by atoms with Gasteiger partial charge in [-0.2, -0.15) is 5.10 Å². The molecular formula is C13H16BrFN4. The molecular weight excluding hydrogens is 311 g/mol. The topological polar surface area (TPSA) is 42.7 Å². The maximum absolute atomic E-state index is 13.8. The van der Waals surface area contributed by atoms with Crippen molar-refractivity contribution in [2.24, 2.45) is 0 Å². The first-order chi connectivity index (χ1) is 9.06. The first kappa shape index (κ1) is 14.1. The van der Waals surface area contributed by atoms with Crippen LogP contribution < -0.4 is 5.32 Å². The molecule has 0 fully saturated rings. The number of halogens is 2. The van der Waals surface area contributed by atoms with Crippen LogP contribution >= 0.6 is 15.9 Å². The molecule has 4 nitrogen and oxygen atoms in total. The first-order valence-corrected chi connectivity index (χ1v) is 6.89. The number of hydrogen-bond donors (Lipinski definition) is 1. The third-order valence-corrected chi connectivity index (χ3v) is 3.19. The summed E-state index contributed by atoms with van der Waals surface area (Å²) < 4.78 is 16.2. The maximum Gasteiger partial charge on any atom is 0.141 e. The Morgan fingerprint density at radius 1 is 1.42 bits per heavy atom. The van der Waals surface area contributed by atoms with Crippen molar-refractivity contribution < 1.29 is 4.39 Å². The summed E-state index contributed by atoms with van der Waals surface area (Å²) in [7, 11) is 0. The van der Waals surface area contributed by atoms with Crippen molar-refractivity contribution >= 4 is 15.9 Å². The van der Waals surface area contributed by atoms with Gasteiger partial charge in [0.15, 0.2) is 0 Å². The molecule has 1 aromatic heterocycles. The van der Waals surface area contributed by atoms with Crippen molar-refractivity contribution in [3.8, 4) is 0 Å². The second-order valence-corrected chi connectivity index (χ2v) is 5.52. The Kier molecular flexibility index (Phi) is 4.66. The quantitative estimate of drug-likeness (QED) is 0.918. The predicted octanol–water partition coefficient (Wildman–Crippen LogP) is 2.73. The van der Waals surface area contributed by atoms with E-state index < -0.39 is 0 Å². The molecule has 0 radical (unpaired) electrons. The summed E-state index contributed by atoms with van der Waals surface area (Å²) in [6.45, 7) is 5.13. The molecule has 19 heavy (non-hydrogen) atoms. The SMILES string of the molecule is CC(C)NCc1ncnn1Cc1ccc(Br)cc1F. The van der Waals surface area contributed by atoms with E-state index in [1.54, 1.807) is 10.7 Å². The van der Waals surface area contributed by atoms with Gasteiger partial charge < -0.3 is 5.32 Å². The van der Waals surface area contributed by atoms with Gasteiger partial charge in [-0.25, -0.2) is 14.1 Å². The average Bonchev–Trinajstić information content (AvgIpc) is 2.77. The molecule has 0 saturated carbocycles. The molecule has 1 heterocycles. The van der Waals surface area contributed by atoms with Crippen LogP contribution in [0.15, 0.2) is 29.0 Å². The molecule has 0 spiro atoms. The lowest BCUT2D eigenvalue weighted by molar-refractivity contribution is 0.528. The number of hydrogen-bond acceptors (Lipinski definition) is 3. The van der Waals surface area contributed by atoms with Gasteiger partial charge in [0, 0.05) is 16.1 Å². The van der Waals surface area contributed by atoms with Crippen molar-refractivity contribution in [3.05, 3.63) is 46.2 Å². The van der Waals surface area contributed by atoms with Crippen LogP contribution in [0.4, 0.5) is 4.39 Å².